The second-order valence-electron chi connectivity index (χ2n) is 6.06. The smallest absolute Gasteiger partial charge is 0.358 e. The number of anilines is 1. The van der Waals surface area contributed by atoms with Crippen molar-refractivity contribution in [3.8, 4) is 0 Å². The Hall–Kier alpha value is -2.97. The van der Waals surface area contributed by atoms with Gasteiger partial charge in [-0.3, -0.25) is 4.68 Å². The third-order valence-electron chi connectivity index (χ3n) is 3.80. The molecule has 0 aliphatic heterocycles. The molecule has 0 unspecified atom stereocenters. The molecule has 0 radical (unpaired) electrons. The minimum absolute atomic E-state index is 0.149. The van der Waals surface area contributed by atoms with Crippen molar-refractivity contribution in [3.63, 3.8) is 0 Å². The predicted octanol–water partition coefficient (Wildman–Crippen LogP) is 2.13. The van der Waals surface area contributed by atoms with Crippen LogP contribution in [0.2, 0.25) is 0 Å². The third-order valence-corrected chi connectivity index (χ3v) is 3.80. The maximum absolute atomic E-state index is 11.1. The Bertz CT molecular complexity index is 896. The van der Waals surface area contributed by atoms with Gasteiger partial charge in [-0.25, -0.2) is 4.98 Å². The summed E-state index contributed by atoms with van der Waals surface area (Å²) in [4.78, 5) is 16.5. The standard InChI is InChI=1S/C15H19N7O2/c1-10(2)15-11(9-20(4)18-15)8-19(3)13-6-5-12-16-7-14(22(23)24)21(12)17-13/h5-7,9-10H,8H2,1-4H3. The predicted molar refractivity (Wildman–Crippen MR) is 89.0 cm³/mol. The van der Waals surface area contributed by atoms with Gasteiger partial charge in [0, 0.05) is 38.5 Å². The average molecular weight is 329 g/mol. The normalized spacial score (nSPS) is 11.4. The van der Waals surface area contributed by atoms with Gasteiger partial charge in [-0.2, -0.15) is 5.10 Å². The fourth-order valence-corrected chi connectivity index (χ4v) is 2.68. The molecule has 0 aliphatic carbocycles. The molecule has 0 saturated carbocycles. The molecule has 0 amide bonds. The van der Waals surface area contributed by atoms with Gasteiger partial charge in [0.2, 0.25) is 5.65 Å². The van der Waals surface area contributed by atoms with Crippen molar-refractivity contribution in [2.75, 3.05) is 11.9 Å². The molecule has 0 bridgehead atoms. The number of hydrogen-bond acceptors (Lipinski definition) is 6. The summed E-state index contributed by atoms with van der Waals surface area (Å²) >= 11 is 0. The Morgan fingerprint density at radius 3 is 2.75 bits per heavy atom. The molecule has 3 rings (SSSR count). The summed E-state index contributed by atoms with van der Waals surface area (Å²) in [6.07, 6.45) is 3.20. The van der Waals surface area contributed by atoms with Crippen LogP contribution in [0.25, 0.3) is 5.65 Å². The summed E-state index contributed by atoms with van der Waals surface area (Å²) in [5.74, 6) is 0.798. The van der Waals surface area contributed by atoms with Crippen LogP contribution in [-0.2, 0) is 13.6 Å². The minimum atomic E-state index is -0.491. The van der Waals surface area contributed by atoms with E-state index in [0.29, 0.717) is 23.9 Å². The van der Waals surface area contributed by atoms with Gasteiger partial charge in [-0.15, -0.1) is 0 Å². The largest absolute Gasteiger partial charge is 0.368 e. The van der Waals surface area contributed by atoms with Crippen LogP contribution in [0.15, 0.2) is 24.5 Å². The van der Waals surface area contributed by atoms with E-state index in [9.17, 15) is 10.1 Å². The first-order valence-corrected chi connectivity index (χ1v) is 7.59. The number of aryl methyl sites for hydroxylation is 1. The molecule has 126 valence electrons. The molecule has 24 heavy (non-hydrogen) atoms. The molecular weight excluding hydrogens is 310 g/mol. The van der Waals surface area contributed by atoms with Crippen LogP contribution < -0.4 is 4.90 Å². The molecule has 9 heteroatoms. The molecule has 3 heterocycles. The number of rotatable bonds is 5. The summed E-state index contributed by atoms with van der Waals surface area (Å²) in [6.45, 7) is 4.82. The van der Waals surface area contributed by atoms with Crippen LogP contribution in [0.3, 0.4) is 0 Å². The molecule has 3 aromatic rings. The summed E-state index contributed by atoms with van der Waals surface area (Å²) in [5, 5.41) is 19.9. The van der Waals surface area contributed by atoms with Gasteiger partial charge < -0.3 is 15.0 Å². The van der Waals surface area contributed by atoms with Crippen LogP contribution in [0.1, 0.15) is 31.0 Å². The Kier molecular flexibility index (Phi) is 3.92. The molecule has 0 atom stereocenters. The van der Waals surface area contributed by atoms with E-state index in [4.69, 9.17) is 0 Å². The van der Waals surface area contributed by atoms with Crippen LogP contribution in [0.5, 0.6) is 0 Å². The summed E-state index contributed by atoms with van der Waals surface area (Å²) in [7, 11) is 3.79. The SMILES string of the molecule is CC(C)c1nn(C)cc1CN(C)c1ccc2ncc([N+](=O)[O-])n2n1. The fourth-order valence-electron chi connectivity index (χ4n) is 2.68. The molecule has 3 aromatic heterocycles. The van der Waals surface area contributed by atoms with Gasteiger partial charge in [0.1, 0.15) is 6.20 Å². The summed E-state index contributed by atoms with van der Waals surface area (Å²) in [5.41, 5.74) is 2.60. The lowest BCUT2D eigenvalue weighted by Gasteiger charge is -2.17. The molecule has 0 N–H and O–H groups in total. The van der Waals surface area contributed by atoms with Crippen molar-refractivity contribution >= 4 is 17.3 Å². The molecule has 0 aliphatic rings. The summed E-state index contributed by atoms with van der Waals surface area (Å²) in [6, 6.07) is 3.52. The van der Waals surface area contributed by atoms with E-state index in [0.717, 1.165) is 11.3 Å². The van der Waals surface area contributed by atoms with Crippen LogP contribution >= 0.6 is 0 Å². The van der Waals surface area contributed by atoms with E-state index in [2.05, 4.69) is 29.0 Å². The number of imidazole rings is 1. The first-order valence-electron chi connectivity index (χ1n) is 7.59. The highest BCUT2D eigenvalue weighted by atomic mass is 16.6. The molecule has 0 aromatic carbocycles. The monoisotopic (exact) mass is 329 g/mol. The van der Waals surface area contributed by atoms with E-state index in [1.54, 1.807) is 16.8 Å². The lowest BCUT2D eigenvalue weighted by Crippen LogP contribution is -2.19. The number of aromatic nitrogens is 5. The highest BCUT2D eigenvalue weighted by Crippen LogP contribution is 2.22. The topological polar surface area (TPSA) is 94.4 Å². The lowest BCUT2D eigenvalue weighted by atomic mass is 10.1. The first-order chi connectivity index (χ1) is 11.4. The maximum atomic E-state index is 11.1. The van der Waals surface area contributed by atoms with Gasteiger partial charge in [0.25, 0.3) is 0 Å². The Balaban J connectivity index is 1.93. The highest BCUT2D eigenvalue weighted by molar-refractivity contribution is 5.49. The maximum Gasteiger partial charge on any atom is 0.368 e. The van der Waals surface area contributed by atoms with E-state index >= 15 is 0 Å². The van der Waals surface area contributed by atoms with Crippen molar-refractivity contribution in [3.05, 3.63) is 45.9 Å². The van der Waals surface area contributed by atoms with Crippen molar-refractivity contribution < 1.29 is 4.92 Å². The van der Waals surface area contributed by atoms with Gasteiger partial charge in [-0.05, 0) is 16.9 Å². The van der Waals surface area contributed by atoms with Gasteiger partial charge in [0.15, 0.2) is 5.82 Å². The second kappa shape index (κ2) is 5.91. The lowest BCUT2D eigenvalue weighted by molar-refractivity contribution is -0.391. The zero-order valence-corrected chi connectivity index (χ0v) is 14.0. The van der Waals surface area contributed by atoms with Crippen molar-refractivity contribution in [2.24, 2.45) is 7.05 Å². The van der Waals surface area contributed by atoms with Crippen LogP contribution in [0, 0.1) is 10.1 Å². The zero-order chi connectivity index (χ0) is 17.4. The Morgan fingerprint density at radius 2 is 2.08 bits per heavy atom. The minimum Gasteiger partial charge on any atom is -0.358 e. The third kappa shape index (κ3) is 2.80. The van der Waals surface area contributed by atoms with Crippen molar-refractivity contribution in [2.45, 2.75) is 26.3 Å². The Morgan fingerprint density at radius 1 is 1.33 bits per heavy atom. The number of hydrogen-bond donors (Lipinski definition) is 0. The fraction of sp³-hybridized carbons (Fsp3) is 0.400. The van der Waals surface area contributed by atoms with Crippen molar-refractivity contribution in [1.29, 1.82) is 0 Å². The summed E-state index contributed by atoms with van der Waals surface area (Å²) < 4.78 is 3.05. The van der Waals surface area contributed by atoms with E-state index in [1.807, 2.05) is 25.2 Å². The van der Waals surface area contributed by atoms with E-state index in [1.165, 1.54) is 10.7 Å². The zero-order valence-electron chi connectivity index (χ0n) is 14.0. The average Bonchev–Trinajstić information content (AvgIpc) is 3.09. The van der Waals surface area contributed by atoms with E-state index < -0.39 is 4.92 Å². The number of nitro groups is 1. The molecule has 0 saturated heterocycles. The highest BCUT2D eigenvalue weighted by Gasteiger charge is 2.19. The second-order valence-corrected chi connectivity index (χ2v) is 6.06. The molecule has 0 spiro atoms. The quantitative estimate of drug-likeness (QED) is 0.526. The Labute approximate surface area is 138 Å². The van der Waals surface area contributed by atoms with Crippen molar-refractivity contribution in [1.82, 2.24) is 24.4 Å². The van der Waals surface area contributed by atoms with Gasteiger partial charge in [-0.1, -0.05) is 23.5 Å². The first kappa shape index (κ1) is 15.9. The van der Waals surface area contributed by atoms with Gasteiger partial charge in [0.05, 0.1) is 5.69 Å². The molecular formula is C15H19N7O2. The molecule has 9 nitrogen and oxygen atoms in total. The van der Waals surface area contributed by atoms with Crippen LogP contribution in [0.4, 0.5) is 11.6 Å². The number of nitrogens with zero attached hydrogens (tertiary/aromatic N) is 7. The van der Waals surface area contributed by atoms with Gasteiger partial charge >= 0.3 is 5.82 Å². The molecule has 0 fully saturated rings. The van der Waals surface area contributed by atoms with Crippen LogP contribution in [-0.4, -0.2) is 36.3 Å². The number of fused-ring (bicyclic) bond motifs is 1. The van der Waals surface area contributed by atoms with E-state index in [-0.39, 0.29) is 5.82 Å².